The molecule has 0 spiro atoms. The van der Waals surface area contributed by atoms with Crippen LogP contribution in [0.1, 0.15) is 11.1 Å². The summed E-state index contributed by atoms with van der Waals surface area (Å²) in [6.45, 7) is 2.76. The van der Waals surface area contributed by atoms with Crippen LogP contribution in [-0.4, -0.2) is 17.6 Å². The van der Waals surface area contributed by atoms with Gasteiger partial charge in [-0.3, -0.25) is 4.99 Å². The Bertz CT molecular complexity index is 376. The van der Waals surface area contributed by atoms with Crippen molar-refractivity contribution < 1.29 is 0 Å². The fraction of sp³-hybridized carbons (Fsp3) is 0.250. The number of halogens is 1. The lowest BCUT2D eigenvalue weighted by molar-refractivity contribution is 1.00. The number of allylic oxidation sites excluding steroid dienone is 1. The Morgan fingerprint density at radius 1 is 1.29 bits per heavy atom. The molecular weight excluding hydrogens is 194 g/mol. The Morgan fingerprint density at radius 3 is 2.57 bits per heavy atom. The second kappa shape index (κ2) is 3.97. The summed E-state index contributed by atoms with van der Waals surface area (Å²) < 4.78 is 0. The quantitative estimate of drug-likeness (QED) is 0.626. The number of hydrogen-bond donors (Lipinski definition) is 0. The van der Waals surface area contributed by atoms with E-state index in [-0.39, 0.29) is 5.38 Å². The summed E-state index contributed by atoms with van der Waals surface area (Å²) in [5.41, 5.74) is 3.46. The molecule has 1 aromatic carbocycles. The second-order valence-corrected chi connectivity index (χ2v) is 4.03. The van der Waals surface area contributed by atoms with Gasteiger partial charge in [0.1, 0.15) is 0 Å². The van der Waals surface area contributed by atoms with Gasteiger partial charge in [0.15, 0.2) is 0 Å². The molecular formula is C12H12ClN. The standard InChI is InChI=1S/C12H12ClN/c1-9-2-4-10(5-3-9)12-7-6-11(13)8-14-12/h2-7,11H,8H2,1H3. The van der Waals surface area contributed by atoms with Gasteiger partial charge < -0.3 is 0 Å². The van der Waals surface area contributed by atoms with Crippen LogP contribution in [0.4, 0.5) is 0 Å². The molecule has 0 aromatic heterocycles. The summed E-state index contributed by atoms with van der Waals surface area (Å²) in [4.78, 5) is 4.41. The minimum atomic E-state index is 0.0594. The molecule has 0 saturated carbocycles. The molecule has 0 N–H and O–H groups in total. The zero-order valence-electron chi connectivity index (χ0n) is 8.07. The van der Waals surface area contributed by atoms with Gasteiger partial charge in [0, 0.05) is 0 Å². The third-order valence-electron chi connectivity index (χ3n) is 2.25. The fourth-order valence-electron chi connectivity index (χ4n) is 1.41. The molecule has 0 aliphatic carbocycles. The maximum atomic E-state index is 5.90. The third-order valence-corrected chi connectivity index (χ3v) is 2.53. The minimum Gasteiger partial charge on any atom is -0.283 e. The number of rotatable bonds is 1. The fourth-order valence-corrected chi connectivity index (χ4v) is 1.55. The molecule has 72 valence electrons. The molecule has 0 bridgehead atoms. The van der Waals surface area contributed by atoms with E-state index in [1.807, 2.05) is 12.2 Å². The Kier molecular flexibility index (Phi) is 2.69. The lowest BCUT2D eigenvalue weighted by atomic mass is 10.1. The van der Waals surface area contributed by atoms with Crippen LogP contribution >= 0.6 is 11.6 Å². The molecule has 1 aliphatic heterocycles. The Labute approximate surface area is 89.1 Å². The first-order valence-electron chi connectivity index (χ1n) is 4.69. The van der Waals surface area contributed by atoms with Crippen LogP contribution in [0.5, 0.6) is 0 Å². The predicted molar refractivity (Wildman–Crippen MR) is 61.4 cm³/mol. The molecule has 1 unspecified atom stereocenters. The lowest BCUT2D eigenvalue weighted by Crippen LogP contribution is -2.10. The van der Waals surface area contributed by atoms with E-state index in [9.17, 15) is 0 Å². The number of dihydropyridines is 1. The number of benzene rings is 1. The molecule has 0 fully saturated rings. The first kappa shape index (κ1) is 9.47. The SMILES string of the molecule is Cc1ccc(C2=NCC(Cl)C=C2)cc1. The molecule has 0 radical (unpaired) electrons. The van der Waals surface area contributed by atoms with Crippen molar-refractivity contribution in [2.24, 2.45) is 4.99 Å². The highest BCUT2D eigenvalue weighted by molar-refractivity contribution is 6.23. The van der Waals surface area contributed by atoms with Crippen molar-refractivity contribution in [3.63, 3.8) is 0 Å². The highest BCUT2D eigenvalue weighted by atomic mass is 35.5. The van der Waals surface area contributed by atoms with E-state index in [0.29, 0.717) is 6.54 Å². The Balaban J connectivity index is 2.24. The molecule has 1 aromatic rings. The van der Waals surface area contributed by atoms with E-state index in [2.05, 4.69) is 36.2 Å². The average molecular weight is 206 g/mol. The highest BCUT2D eigenvalue weighted by Gasteiger charge is 2.07. The zero-order valence-corrected chi connectivity index (χ0v) is 8.83. The number of aliphatic imine (C=N–C) groups is 1. The van der Waals surface area contributed by atoms with Gasteiger partial charge in [-0.1, -0.05) is 35.9 Å². The first-order valence-corrected chi connectivity index (χ1v) is 5.13. The van der Waals surface area contributed by atoms with Gasteiger partial charge in [-0.05, 0) is 18.6 Å². The van der Waals surface area contributed by atoms with Crippen LogP contribution in [0.15, 0.2) is 41.4 Å². The van der Waals surface area contributed by atoms with Crippen LogP contribution in [0, 0.1) is 6.92 Å². The zero-order chi connectivity index (χ0) is 9.97. The van der Waals surface area contributed by atoms with Gasteiger partial charge in [0.25, 0.3) is 0 Å². The van der Waals surface area contributed by atoms with E-state index in [1.54, 1.807) is 0 Å². The largest absolute Gasteiger partial charge is 0.283 e. The summed E-state index contributed by atoms with van der Waals surface area (Å²) in [7, 11) is 0. The molecule has 1 nitrogen and oxygen atoms in total. The highest BCUT2D eigenvalue weighted by Crippen LogP contribution is 2.11. The van der Waals surface area contributed by atoms with Crippen molar-refractivity contribution in [2.75, 3.05) is 6.54 Å². The summed E-state index contributed by atoms with van der Waals surface area (Å²) >= 11 is 5.90. The van der Waals surface area contributed by atoms with Crippen molar-refractivity contribution >= 4 is 17.3 Å². The Hall–Kier alpha value is -1.08. The number of hydrogen-bond acceptors (Lipinski definition) is 1. The molecule has 2 heteroatoms. The van der Waals surface area contributed by atoms with Crippen LogP contribution in [0.25, 0.3) is 0 Å². The van der Waals surface area contributed by atoms with Gasteiger partial charge in [-0.15, -0.1) is 11.6 Å². The number of nitrogens with zero attached hydrogens (tertiary/aromatic N) is 1. The molecule has 1 heterocycles. The normalized spacial score (nSPS) is 20.7. The van der Waals surface area contributed by atoms with Gasteiger partial charge >= 0.3 is 0 Å². The monoisotopic (exact) mass is 205 g/mol. The molecule has 1 aliphatic rings. The summed E-state index contributed by atoms with van der Waals surface area (Å²) in [6.07, 6.45) is 3.98. The second-order valence-electron chi connectivity index (χ2n) is 3.47. The van der Waals surface area contributed by atoms with Crippen molar-refractivity contribution in [1.82, 2.24) is 0 Å². The maximum Gasteiger partial charge on any atom is 0.0715 e. The van der Waals surface area contributed by atoms with Crippen molar-refractivity contribution in [1.29, 1.82) is 0 Å². The van der Waals surface area contributed by atoms with Crippen LogP contribution in [0.2, 0.25) is 0 Å². The van der Waals surface area contributed by atoms with Crippen molar-refractivity contribution in [3.05, 3.63) is 47.5 Å². The van der Waals surface area contributed by atoms with Gasteiger partial charge in [-0.2, -0.15) is 0 Å². The summed E-state index contributed by atoms with van der Waals surface area (Å²) in [5, 5.41) is 0.0594. The van der Waals surface area contributed by atoms with E-state index in [0.717, 1.165) is 11.3 Å². The molecule has 14 heavy (non-hydrogen) atoms. The Morgan fingerprint density at radius 2 is 2.00 bits per heavy atom. The first-order chi connectivity index (χ1) is 6.75. The third kappa shape index (κ3) is 2.05. The molecule has 0 amide bonds. The van der Waals surface area contributed by atoms with Crippen LogP contribution in [0.3, 0.4) is 0 Å². The lowest BCUT2D eigenvalue weighted by Gasteiger charge is -2.09. The van der Waals surface area contributed by atoms with Gasteiger partial charge in [0.05, 0.1) is 17.6 Å². The van der Waals surface area contributed by atoms with E-state index in [4.69, 9.17) is 11.6 Å². The van der Waals surface area contributed by atoms with E-state index < -0.39 is 0 Å². The summed E-state index contributed by atoms with van der Waals surface area (Å²) in [5.74, 6) is 0. The van der Waals surface area contributed by atoms with Crippen molar-refractivity contribution in [3.8, 4) is 0 Å². The van der Waals surface area contributed by atoms with Crippen LogP contribution in [-0.2, 0) is 0 Å². The molecule has 0 saturated heterocycles. The van der Waals surface area contributed by atoms with Gasteiger partial charge in [0.2, 0.25) is 0 Å². The topological polar surface area (TPSA) is 12.4 Å². The predicted octanol–water partition coefficient (Wildman–Crippen LogP) is 2.96. The van der Waals surface area contributed by atoms with E-state index >= 15 is 0 Å². The molecule has 1 atom stereocenters. The number of aryl methyl sites for hydroxylation is 1. The summed E-state index contributed by atoms with van der Waals surface area (Å²) in [6, 6.07) is 8.37. The smallest absolute Gasteiger partial charge is 0.0715 e. The van der Waals surface area contributed by atoms with Gasteiger partial charge in [-0.25, -0.2) is 0 Å². The maximum absolute atomic E-state index is 5.90. The minimum absolute atomic E-state index is 0.0594. The number of alkyl halides is 1. The average Bonchev–Trinajstić information content (AvgIpc) is 2.21. The molecule has 2 rings (SSSR count). The van der Waals surface area contributed by atoms with E-state index in [1.165, 1.54) is 5.56 Å². The van der Waals surface area contributed by atoms with Crippen LogP contribution < -0.4 is 0 Å². The van der Waals surface area contributed by atoms with Crippen molar-refractivity contribution in [2.45, 2.75) is 12.3 Å².